The van der Waals surface area contributed by atoms with Gasteiger partial charge >= 0.3 is 0 Å². The fourth-order valence-corrected chi connectivity index (χ4v) is 2.92. The van der Waals surface area contributed by atoms with E-state index in [1.54, 1.807) is 0 Å². The maximum atomic E-state index is 6.13. The number of benzene rings is 1. The number of halogens is 1. The minimum Gasteiger partial charge on any atom is -0.494 e. The summed E-state index contributed by atoms with van der Waals surface area (Å²) in [4.78, 5) is 6.56. The molecule has 1 aromatic carbocycles. The summed E-state index contributed by atoms with van der Waals surface area (Å²) in [6, 6.07) is 6.47. The fraction of sp³-hybridized carbons (Fsp3) is 0.471. The molecule has 1 aliphatic rings. The Bertz CT molecular complexity index is 637. The van der Waals surface area contributed by atoms with E-state index in [9.17, 15) is 0 Å². The molecule has 0 amide bonds. The van der Waals surface area contributed by atoms with Gasteiger partial charge in [0, 0.05) is 35.9 Å². The molecule has 22 heavy (non-hydrogen) atoms. The fourth-order valence-electron chi connectivity index (χ4n) is 2.73. The Balaban J connectivity index is 1.69. The number of ether oxygens (including phenoxy) is 1. The molecule has 0 N–H and O–H groups in total. The lowest BCUT2D eigenvalue weighted by Crippen LogP contribution is -2.19. The van der Waals surface area contributed by atoms with Crippen molar-refractivity contribution >= 4 is 11.6 Å². The average Bonchev–Trinajstić information content (AvgIpc) is 3.22. The van der Waals surface area contributed by atoms with Crippen LogP contribution in [0.1, 0.15) is 37.1 Å². The van der Waals surface area contributed by atoms with Gasteiger partial charge in [0.05, 0.1) is 18.6 Å². The molecule has 0 radical (unpaired) electrons. The zero-order valence-corrected chi connectivity index (χ0v) is 13.9. The number of rotatable bonds is 7. The van der Waals surface area contributed by atoms with E-state index in [0.29, 0.717) is 12.6 Å². The van der Waals surface area contributed by atoms with Crippen molar-refractivity contribution < 1.29 is 4.74 Å². The minimum atomic E-state index is 0.660. The van der Waals surface area contributed by atoms with Crippen molar-refractivity contribution in [1.29, 1.82) is 0 Å². The third kappa shape index (κ3) is 3.62. The molecular weight excluding hydrogens is 298 g/mol. The Morgan fingerprint density at radius 3 is 2.91 bits per heavy atom. The topological polar surface area (TPSA) is 30.3 Å². The molecule has 0 bridgehead atoms. The summed E-state index contributed by atoms with van der Waals surface area (Å²) in [5.41, 5.74) is 2.39. The smallest absolute Gasteiger partial charge is 0.123 e. The summed E-state index contributed by atoms with van der Waals surface area (Å²) in [7, 11) is 2.11. The van der Waals surface area contributed by atoms with Crippen molar-refractivity contribution in [1.82, 2.24) is 14.5 Å². The monoisotopic (exact) mass is 319 g/mol. The van der Waals surface area contributed by atoms with Crippen molar-refractivity contribution in [2.75, 3.05) is 13.7 Å². The van der Waals surface area contributed by atoms with Crippen molar-refractivity contribution in [2.45, 2.75) is 38.9 Å². The third-order valence-electron chi connectivity index (χ3n) is 3.88. The highest BCUT2D eigenvalue weighted by Crippen LogP contribution is 2.36. The molecule has 2 aromatic rings. The summed E-state index contributed by atoms with van der Waals surface area (Å²) in [6.07, 6.45) is 6.47. The van der Waals surface area contributed by atoms with Gasteiger partial charge in [-0.05, 0) is 45.0 Å². The van der Waals surface area contributed by atoms with Crippen LogP contribution < -0.4 is 4.74 Å². The molecular formula is C17H22ClN3O. The SMILES string of the molecule is CCOc1ccc(Cl)cc1CN(C)Cc1cncn1C1CC1. The molecule has 0 aliphatic heterocycles. The van der Waals surface area contributed by atoms with Gasteiger partial charge in [-0.2, -0.15) is 0 Å². The standard InChI is InChI=1S/C17H22ClN3O/c1-3-22-17-7-4-14(18)8-13(17)10-20(2)11-16-9-19-12-21(16)15-5-6-15/h4,7-9,12,15H,3,5-6,10-11H2,1-2H3. The maximum Gasteiger partial charge on any atom is 0.123 e. The minimum absolute atomic E-state index is 0.660. The second kappa shape index (κ2) is 6.71. The van der Waals surface area contributed by atoms with E-state index in [1.807, 2.05) is 37.6 Å². The van der Waals surface area contributed by atoms with Gasteiger partial charge in [-0.1, -0.05) is 11.6 Å². The zero-order valence-electron chi connectivity index (χ0n) is 13.1. The molecule has 0 spiro atoms. The number of aromatic nitrogens is 2. The van der Waals surface area contributed by atoms with E-state index in [1.165, 1.54) is 18.5 Å². The zero-order chi connectivity index (χ0) is 15.5. The molecule has 4 nitrogen and oxygen atoms in total. The van der Waals surface area contributed by atoms with E-state index in [4.69, 9.17) is 16.3 Å². The molecule has 5 heteroatoms. The van der Waals surface area contributed by atoms with E-state index >= 15 is 0 Å². The van der Waals surface area contributed by atoms with Gasteiger partial charge in [0.25, 0.3) is 0 Å². The van der Waals surface area contributed by atoms with Crippen molar-refractivity contribution in [3.8, 4) is 5.75 Å². The van der Waals surface area contributed by atoms with Crippen LogP contribution in [0.2, 0.25) is 5.02 Å². The summed E-state index contributed by atoms with van der Waals surface area (Å²) in [5.74, 6) is 0.912. The molecule has 1 heterocycles. The molecule has 1 aliphatic carbocycles. The lowest BCUT2D eigenvalue weighted by molar-refractivity contribution is 0.292. The molecule has 0 saturated heterocycles. The van der Waals surface area contributed by atoms with Crippen molar-refractivity contribution in [2.24, 2.45) is 0 Å². The van der Waals surface area contributed by atoms with Crippen molar-refractivity contribution in [3.05, 3.63) is 47.0 Å². The van der Waals surface area contributed by atoms with Gasteiger partial charge in [0.2, 0.25) is 0 Å². The summed E-state index contributed by atoms with van der Waals surface area (Å²) < 4.78 is 8.00. The normalized spacial score (nSPS) is 14.5. The first-order valence-electron chi connectivity index (χ1n) is 7.78. The van der Waals surface area contributed by atoms with Gasteiger partial charge in [-0.3, -0.25) is 4.90 Å². The predicted molar refractivity (Wildman–Crippen MR) is 88.3 cm³/mol. The van der Waals surface area contributed by atoms with Crippen LogP contribution in [0.15, 0.2) is 30.7 Å². The lowest BCUT2D eigenvalue weighted by atomic mass is 10.2. The second-order valence-electron chi connectivity index (χ2n) is 5.88. The van der Waals surface area contributed by atoms with Gasteiger partial charge < -0.3 is 9.30 Å². The first kappa shape index (κ1) is 15.4. The highest BCUT2D eigenvalue weighted by molar-refractivity contribution is 6.30. The van der Waals surface area contributed by atoms with Gasteiger partial charge in [-0.25, -0.2) is 4.98 Å². The van der Waals surface area contributed by atoms with Crippen LogP contribution in [0.25, 0.3) is 0 Å². The summed E-state index contributed by atoms with van der Waals surface area (Å²) in [5, 5.41) is 0.745. The predicted octanol–water partition coefficient (Wildman–Crippen LogP) is 3.90. The highest BCUT2D eigenvalue weighted by Gasteiger charge is 2.25. The molecule has 3 rings (SSSR count). The van der Waals surface area contributed by atoms with Crippen molar-refractivity contribution in [3.63, 3.8) is 0 Å². The van der Waals surface area contributed by atoms with Crippen LogP contribution >= 0.6 is 11.6 Å². The van der Waals surface area contributed by atoms with Crippen LogP contribution in [0.5, 0.6) is 5.75 Å². The molecule has 1 saturated carbocycles. The van der Waals surface area contributed by atoms with Crippen LogP contribution in [0.4, 0.5) is 0 Å². The van der Waals surface area contributed by atoms with Gasteiger partial charge in [-0.15, -0.1) is 0 Å². The molecule has 1 fully saturated rings. The average molecular weight is 320 g/mol. The Labute approximate surface area is 136 Å². The first-order chi connectivity index (χ1) is 10.7. The lowest BCUT2D eigenvalue weighted by Gasteiger charge is -2.20. The number of hydrogen-bond donors (Lipinski definition) is 0. The molecule has 0 unspecified atom stereocenters. The third-order valence-corrected chi connectivity index (χ3v) is 4.12. The van der Waals surface area contributed by atoms with Crippen LogP contribution in [0.3, 0.4) is 0 Å². The maximum absolute atomic E-state index is 6.13. The molecule has 0 atom stereocenters. The number of nitrogens with zero attached hydrogens (tertiary/aromatic N) is 3. The summed E-state index contributed by atoms with van der Waals surface area (Å²) >= 11 is 6.13. The van der Waals surface area contributed by atoms with Gasteiger partial charge in [0.15, 0.2) is 0 Å². The summed E-state index contributed by atoms with van der Waals surface area (Å²) in [6.45, 7) is 4.32. The second-order valence-corrected chi connectivity index (χ2v) is 6.32. The Hall–Kier alpha value is -1.52. The van der Waals surface area contributed by atoms with E-state index in [0.717, 1.165) is 29.4 Å². The van der Waals surface area contributed by atoms with Gasteiger partial charge in [0.1, 0.15) is 5.75 Å². The van der Waals surface area contributed by atoms with E-state index < -0.39 is 0 Å². The van der Waals surface area contributed by atoms with Crippen LogP contribution in [0, 0.1) is 0 Å². The van der Waals surface area contributed by atoms with E-state index in [-0.39, 0.29) is 0 Å². The van der Waals surface area contributed by atoms with E-state index in [2.05, 4.69) is 21.5 Å². The Morgan fingerprint density at radius 2 is 2.18 bits per heavy atom. The highest BCUT2D eigenvalue weighted by atomic mass is 35.5. The Kier molecular flexibility index (Phi) is 4.69. The number of imidazole rings is 1. The Morgan fingerprint density at radius 1 is 1.36 bits per heavy atom. The molecule has 118 valence electrons. The van der Waals surface area contributed by atoms with Crippen LogP contribution in [-0.4, -0.2) is 28.1 Å². The van der Waals surface area contributed by atoms with Crippen LogP contribution in [-0.2, 0) is 13.1 Å². The number of hydrogen-bond acceptors (Lipinski definition) is 3. The largest absolute Gasteiger partial charge is 0.494 e. The molecule has 1 aromatic heterocycles. The quantitative estimate of drug-likeness (QED) is 0.775. The first-order valence-corrected chi connectivity index (χ1v) is 8.15.